The van der Waals surface area contributed by atoms with E-state index in [1.54, 1.807) is 0 Å². The Morgan fingerprint density at radius 2 is 2.00 bits per heavy atom. The molecule has 0 amide bonds. The number of aliphatic carboxylic acids is 1. The lowest BCUT2D eigenvalue weighted by Crippen LogP contribution is -2.34. The number of likely N-dealkylation sites (tertiary alicyclic amines) is 1. The van der Waals surface area contributed by atoms with Gasteiger partial charge in [0.1, 0.15) is 6.61 Å². The number of rotatable bonds is 5. The molecule has 0 bridgehead atoms. The van der Waals surface area contributed by atoms with Crippen LogP contribution in [0.25, 0.3) is 0 Å². The second kappa shape index (κ2) is 9.95. The van der Waals surface area contributed by atoms with E-state index in [0.717, 1.165) is 68.8 Å². The number of fused-ring (bicyclic) bond motifs is 1. The van der Waals surface area contributed by atoms with Gasteiger partial charge in [0.25, 0.3) is 0 Å². The van der Waals surface area contributed by atoms with Crippen molar-refractivity contribution in [1.29, 1.82) is 0 Å². The van der Waals surface area contributed by atoms with E-state index < -0.39 is 11.4 Å². The lowest BCUT2D eigenvalue weighted by molar-refractivity contribution is -0.150. The highest BCUT2D eigenvalue weighted by Crippen LogP contribution is 2.35. The SMILES string of the molecule is CC(C)(C(=O)O)C1CCCN(CC2=CCC=C([C@H]3COC4=CC=CCC=C4O3)C=C2)CC1. The monoisotopic (exact) mass is 437 g/mol. The molecule has 5 heteroatoms. The van der Waals surface area contributed by atoms with Crippen LogP contribution in [0.4, 0.5) is 0 Å². The summed E-state index contributed by atoms with van der Waals surface area (Å²) >= 11 is 0. The number of allylic oxidation sites excluding steroid dienone is 6. The predicted octanol–water partition coefficient (Wildman–Crippen LogP) is 5.16. The largest absolute Gasteiger partial charge is 0.485 e. The van der Waals surface area contributed by atoms with Gasteiger partial charge in [-0.3, -0.25) is 9.69 Å². The molecule has 4 rings (SSSR count). The average molecular weight is 438 g/mol. The summed E-state index contributed by atoms with van der Waals surface area (Å²) in [6.45, 7) is 7.14. The number of nitrogens with zero attached hydrogens (tertiary/aromatic N) is 1. The minimum Gasteiger partial charge on any atom is -0.485 e. The van der Waals surface area contributed by atoms with E-state index in [4.69, 9.17) is 9.47 Å². The second-order valence-corrected chi connectivity index (χ2v) is 9.66. The summed E-state index contributed by atoms with van der Waals surface area (Å²) in [6, 6.07) is 0. The zero-order chi connectivity index (χ0) is 22.6. The standard InChI is InChI=1S/C27H35NO4/c1-27(2,26(29)30)22-10-7-16-28(17-15-22)18-20-8-6-9-21(14-13-20)25-19-31-23-11-4-3-5-12-24(23)32-25/h3-4,8-9,11-14,22,25H,5-7,10,15-19H2,1-2H3,(H,29,30)/t22?,25-/m1/s1. The van der Waals surface area contributed by atoms with Crippen LogP contribution in [0.5, 0.6) is 0 Å². The van der Waals surface area contributed by atoms with Gasteiger partial charge in [-0.2, -0.15) is 0 Å². The highest BCUT2D eigenvalue weighted by molar-refractivity contribution is 5.74. The number of carbonyl (C=O) groups is 1. The molecule has 2 aliphatic carbocycles. The third-order valence-electron chi connectivity index (χ3n) is 7.12. The Kier molecular flexibility index (Phi) is 7.04. The summed E-state index contributed by atoms with van der Waals surface area (Å²) in [7, 11) is 0. The molecule has 172 valence electrons. The van der Waals surface area contributed by atoms with E-state index in [-0.39, 0.29) is 12.0 Å². The molecule has 0 aromatic heterocycles. The van der Waals surface area contributed by atoms with E-state index in [2.05, 4.69) is 41.4 Å². The van der Waals surface area contributed by atoms with E-state index in [9.17, 15) is 9.90 Å². The zero-order valence-corrected chi connectivity index (χ0v) is 19.3. The first-order valence-corrected chi connectivity index (χ1v) is 11.8. The Balaban J connectivity index is 1.33. The van der Waals surface area contributed by atoms with Crippen LogP contribution in [-0.2, 0) is 14.3 Å². The first-order valence-electron chi connectivity index (χ1n) is 11.8. The average Bonchev–Trinajstić information content (AvgIpc) is 3.25. The van der Waals surface area contributed by atoms with Gasteiger partial charge in [0.2, 0.25) is 0 Å². The van der Waals surface area contributed by atoms with Crippen molar-refractivity contribution in [3.63, 3.8) is 0 Å². The molecule has 0 aromatic rings. The van der Waals surface area contributed by atoms with Crippen LogP contribution >= 0.6 is 0 Å². The maximum atomic E-state index is 11.7. The Bertz CT molecular complexity index is 903. The first kappa shape index (κ1) is 22.7. The second-order valence-electron chi connectivity index (χ2n) is 9.66. The van der Waals surface area contributed by atoms with E-state index in [1.165, 1.54) is 5.57 Å². The highest BCUT2D eigenvalue weighted by Gasteiger charge is 2.37. The summed E-state index contributed by atoms with van der Waals surface area (Å²) in [5, 5.41) is 9.59. The zero-order valence-electron chi connectivity index (χ0n) is 19.3. The summed E-state index contributed by atoms with van der Waals surface area (Å²) < 4.78 is 12.2. The smallest absolute Gasteiger partial charge is 0.309 e. The topological polar surface area (TPSA) is 59.0 Å². The Morgan fingerprint density at radius 1 is 1.12 bits per heavy atom. The maximum Gasteiger partial charge on any atom is 0.309 e. The van der Waals surface area contributed by atoms with Gasteiger partial charge in [-0.05, 0) is 88.3 Å². The van der Waals surface area contributed by atoms with Gasteiger partial charge in [0.05, 0.1) is 5.41 Å². The molecule has 32 heavy (non-hydrogen) atoms. The fourth-order valence-electron chi connectivity index (χ4n) is 4.84. The summed E-state index contributed by atoms with van der Waals surface area (Å²) in [6.07, 6.45) is 21.7. The number of ether oxygens (including phenoxy) is 2. The van der Waals surface area contributed by atoms with E-state index >= 15 is 0 Å². The van der Waals surface area contributed by atoms with Gasteiger partial charge in [0.15, 0.2) is 17.6 Å². The molecule has 1 N–H and O–H groups in total. The molecule has 1 unspecified atom stereocenters. The van der Waals surface area contributed by atoms with Gasteiger partial charge < -0.3 is 14.6 Å². The Labute approximate surface area is 191 Å². The molecule has 2 saturated heterocycles. The number of hydrogen-bond acceptors (Lipinski definition) is 4. The molecule has 2 aliphatic heterocycles. The summed E-state index contributed by atoms with van der Waals surface area (Å²) in [5.41, 5.74) is 1.81. The predicted molar refractivity (Wildman–Crippen MR) is 126 cm³/mol. The van der Waals surface area contributed by atoms with Crippen LogP contribution in [0.1, 0.15) is 46.0 Å². The Hall–Kier alpha value is -2.53. The van der Waals surface area contributed by atoms with Crippen molar-refractivity contribution in [1.82, 2.24) is 4.90 Å². The minimum atomic E-state index is -0.684. The summed E-state index contributed by atoms with van der Waals surface area (Å²) in [5.74, 6) is 1.20. The highest BCUT2D eigenvalue weighted by atomic mass is 16.6. The molecule has 0 radical (unpaired) electrons. The van der Waals surface area contributed by atoms with Crippen molar-refractivity contribution in [3.8, 4) is 0 Å². The Morgan fingerprint density at radius 3 is 2.84 bits per heavy atom. The van der Waals surface area contributed by atoms with Crippen molar-refractivity contribution in [2.24, 2.45) is 11.3 Å². The van der Waals surface area contributed by atoms with Crippen molar-refractivity contribution in [3.05, 3.63) is 71.3 Å². The van der Waals surface area contributed by atoms with Crippen molar-refractivity contribution < 1.29 is 19.4 Å². The molecule has 2 fully saturated rings. The first-order chi connectivity index (χ1) is 15.4. The van der Waals surface area contributed by atoms with Crippen LogP contribution in [-0.4, -0.2) is 48.3 Å². The molecular formula is C27H35NO4. The summed E-state index contributed by atoms with van der Waals surface area (Å²) in [4.78, 5) is 14.1. The molecule has 2 atom stereocenters. The quantitative estimate of drug-likeness (QED) is 0.644. The van der Waals surface area contributed by atoms with Gasteiger partial charge in [-0.25, -0.2) is 0 Å². The van der Waals surface area contributed by atoms with Gasteiger partial charge in [0, 0.05) is 6.54 Å². The van der Waals surface area contributed by atoms with Crippen LogP contribution in [0.3, 0.4) is 0 Å². The molecule has 0 aromatic carbocycles. The lowest BCUT2D eigenvalue weighted by Gasteiger charge is -2.29. The molecule has 4 aliphatic rings. The molecular weight excluding hydrogens is 402 g/mol. The van der Waals surface area contributed by atoms with Gasteiger partial charge in [-0.15, -0.1) is 0 Å². The van der Waals surface area contributed by atoms with Crippen LogP contribution in [0.15, 0.2) is 71.3 Å². The van der Waals surface area contributed by atoms with E-state index in [0.29, 0.717) is 6.61 Å². The van der Waals surface area contributed by atoms with Gasteiger partial charge >= 0.3 is 5.97 Å². The molecule has 0 saturated carbocycles. The molecule has 0 spiro atoms. The number of carboxylic acids is 1. The van der Waals surface area contributed by atoms with Crippen LogP contribution in [0.2, 0.25) is 0 Å². The van der Waals surface area contributed by atoms with Crippen LogP contribution in [0, 0.1) is 11.3 Å². The lowest BCUT2D eigenvalue weighted by atomic mass is 9.75. The number of carboxylic acid groups (broad SMARTS) is 1. The third kappa shape index (κ3) is 5.26. The fraction of sp³-hybridized carbons (Fsp3) is 0.519. The van der Waals surface area contributed by atoms with Crippen molar-refractivity contribution >= 4 is 5.97 Å². The number of hydrogen-bond donors (Lipinski definition) is 1. The van der Waals surface area contributed by atoms with Crippen molar-refractivity contribution in [2.75, 3.05) is 26.2 Å². The van der Waals surface area contributed by atoms with Crippen molar-refractivity contribution in [2.45, 2.75) is 52.1 Å². The fourth-order valence-corrected chi connectivity index (χ4v) is 4.84. The normalized spacial score (nSPS) is 26.7. The maximum absolute atomic E-state index is 11.7. The third-order valence-corrected chi connectivity index (χ3v) is 7.12. The van der Waals surface area contributed by atoms with E-state index in [1.807, 2.05) is 26.0 Å². The van der Waals surface area contributed by atoms with Gasteiger partial charge in [-0.1, -0.05) is 36.5 Å². The minimum absolute atomic E-state index is 0.0855. The van der Waals surface area contributed by atoms with Crippen LogP contribution < -0.4 is 0 Å². The molecule has 5 nitrogen and oxygen atoms in total. The molecule has 2 heterocycles.